The summed E-state index contributed by atoms with van der Waals surface area (Å²) < 4.78 is 5.38. The summed E-state index contributed by atoms with van der Waals surface area (Å²) in [6, 6.07) is 7.91. The van der Waals surface area contributed by atoms with Crippen LogP contribution in [0.1, 0.15) is 24.5 Å². The summed E-state index contributed by atoms with van der Waals surface area (Å²) in [5.41, 5.74) is 1.82. The van der Waals surface area contributed by atoms with E-state index in [4.69, 9.17) is 4.74 Å². The molecule has 4 heterocycles. The van der Waals surface area contributed by atoms with Gasteiger partial charge in [0.05, 0.1) is 18.7 Å². The van der Waals surface area contributed by atoms with E-state index in [1.165, 1.54) is 0 Å². The predicted octanol–water partition coefficient (Wildman–Crippen LogP) is 3.98. The number of piperidine rings is 3. The fourth-order valence-corrected chi connectivity index (χ4v) is 5.11. The van der Waals surface area contributed by atoms with Crippen LogP contribution in [0.3, 0.4) is 0 Å². The summed E-state index contributed by atoms with van der Waals surface area (Å²) in [5.74, 6) is 2.46. The lowest BCUT2D eigenvalue weighted by Crippen LogP contribution is -2.58. The van der Waals surface area contributed by atoms with Crippen LogP contribution in [-0.2, 0) is 0 Å². The van der Waals surface area contributed by atoms with Gasteiger partial charge >= 0.3 is 0 Å². The zero-order chi connectivity index (χ0) is 19.0. The van der Waals surface area contributed by atoms with E-state index < -0.39 is 6.10 Å². The Morgan fingerprint density at radius 2 is 2.19 bits per heavy atom. The van der Waals surface area contributed by atoms with Crippen molar-refractivity contribution < 1.29 is 9.84 Å². The molecular weight excluding hydrogens is 336 g/mol. The summed E-state index contributed by atoms with van der Waals surface area (Å²) in [6.45, 7) is 9.98. The Bertz CT molecular complexity index is 849. The molecule has 0 saturated carbocycles. The van der Waals surface area contributed by atoms with Crippen molar-refractivity contribution in [2.24, 2.45) is 17.8 Å². The first-order chi connectivity index (χ1) is 13.2. The van der Waals surface area contributed by atoms with E-state index in [0.717, 1.165) is 48.1 Å². The maximum absolute atomic E-state index is 11.3. The third-order valence-corrected chi connectivity index (χ3v) is 6.49. The first-order valence-electron chi connectivity index (χ1n) is 9.74. The van der Waals surface area contributed by atoms with Crippen molar-refractivity contribution in [3.63, 3.8) is 0 Å². The highest BCUT2D eigenvalue weighted by Gasteiger charge is 2.46. The second-order valence-corrected chi connectivity index (χ2v) is 7.83. The number of allylic oxidation sites excluding steroid dienone is 1. The van der Waals surface area contributed by atoms with Gasteiger partial charge in [-0.3, -0.25) is 9.88 Å². The summed E-state index contributed by atoms with van der Waals surface area (Å²) in [5, 5.41) is 12.3. The first kappa shape index (κ1) is 18.2. The van der Waals surface area contributed by atoms with Crippen LogP contribution < -0.4 is 4.74 Å². The van der Waals surface area contributed by atoms with E-state index in [1.807, 2.05) is 30.3 Å². The van der Waals surface area contributed by atoms with Gasteiger partial charge in [-0.25, -0.2) is 0 Å². The third-order valence-electron chi connectivity index (χ3n) is 6.49. The highest BCUT2D eigenvalue weighted by Crippen LogP contribution is 2.45. The van der Waals surface area contributed by atoms with E-state index >= 15 is 0 Å². The number of ether oxygens (including phenoxy) is 1. The minimum Gasteiger partial charge on any atom is -0.497 e. The van der Waals surface area contributed by atoms with Gasteiger partial charge in [-0.2, -0.15) is 0 Å². The number of methoxy groups -OCH3 is 1. The number of rotatable bonds is 6. The summed E-state index contributed by atoms with van der Waals surface area (Å²) in [7, 11) is 1.66. The molecule has 3 aliphatic rings. The molecule has 3 saturated heterocycles. The standard InChI is InChI=1S/C23H28N2O2/c1-4-6-16-14-25-13-15(5-2)19(16)12-22(25)23(26)18-9-10-24-21-8-7-17(27-3)11-20(18)21/h4-5,7-11,15-16,19,22-23,26H,1-2,6,12-14H2,3H3/t15-,16?,19?,22-,23+/m0/s1. The highest BCUT2D eigenvalue weighted by molar-refractivity contribution is 5.83. The van der Waals surface area contributed by atoms with Gasteiger partial charge in [0, 0.05) is 30.7 Å². The molecular formula is C23H28N2O2. The van der Waals surface area contributed by atoms with Gasteiger partial charge in [-0.05, 0) is 60.4 Å². The molecule has 0 amide bonds. The highest BCUT2D eigenvalue weighted by atomic mass is 16.5. The second kappa shape index (κ2) is 7.45. The molecule has 4 nitrogen and oxygen atoms in total. The van der Waals surface area contributed by atoms with Crippen LogP contribution >= 0.6 is 0 Å². The second-order valence-electron chi connectivity index (χ2n) is 7.83. The number of fused-ring (bicyclic) bond motifs is 4. The van der Waals surface area contributed by atoms with Gasteiger partial charge in [0.2, 0.25) is 0 Å². The fourth-order valence-electron chi connectivity index (χ4n) is 5.11. The Morgan fingerprint density at radius 1 is 1.33 bits per heavy atom. The van der Waals surface area contributed by atoms with Gasteiger partial charge in [0.25, 0.3) is 0 Å². The quantitative estimate of drug-likeness (QED) is 0.788. The lowest BCUT2D eigenvalue weighted by molar-refractivity contribution is -0.0741. The van der Waals surface area contributed by atoms with Gasteiger partial charge in [-0.1, -0.05) is 12.2 Å². The van der Waals surface area contributed by atoms with Gasteiger partial charge < -0.3 is 9.84 Å². The number of aliphatic hydroxyl groups excluding tert-OH is 1. The van der Waals surface area contributed by atoms with E-state index in [1.54, 1.807) is 13.3 Å². The van der Waals surface area contributed by atoms with E-state index in [-0.39, 0.29) is 6.04 Å². The smallest absolute Gasteiger partial charge is 0.119 e. The third kappa shape index (κ3) is 3.17. The average molecular weight is 364 g/mol. The molecule has 3 aliphatic heterocycles. The molecule has 2 aromatic rings. The van der Waals surface area contributed by atoms with Gasteiger partial charge in [0.1, 0.15) is 5.75 Å². The molecule has 0 aliphatic carbocycles. The monoisotopic (exact) mass is 364 g/mol. The molecule has 1 aromatic heterocycles. The van der Waals surface area contributed by atoms with Crippen LogP contribution in [-0.4, -0.2) is 41.2 Å². The number of hydrogen-bond acceptors (Lipinski definition) is 4. The molecule has 0 spiro atoms. The fraction of sp³-hybridized carbons (Fsp3) is 0.435. The predicted molar refractivity (Wildman–Crippen MR) is 109 cm³/mol. The number of pyridine rings is 1. The first-order valence-corrected chi connectivity index (χ1v) is 9.74. The maximum atomic E-state index is 11.3. The molecule has 27 heavy (non-hydrogen) atoms. The van der Waals surface area contributed by atoms with Crippen LogP contribution in [0, 0.1) is 17.8 Å². The minimum absolute atomic E-state index is 0.129. The molecule has 0 radical (unpaired) electrons. The van der Waals surface area contributed by atoms with Crippen LogP contribution in [0.2, 0.25) is 0 Å². The molecule has 5 rings (SSSR count). The number of nitrogens with zero attached hydrogens (tertiary/aromatic N) is 2. The summed E-state index contributed by atoms with van der Waals surface area (Å²) in [4.78, 5) is 6.91. The summed E-state index contributed by atoms with van der Waals surface area (Å²) >= 11 is 0. The van der Waals surface area contributed by atoms with Crippen LogP contribution in [0.4, 0.5) is 0 Å². The number of aliphatic hydroxyl groups is 1. The lowest BCUT2D eigenvalue weighted by atomic mass is 9.67. The molecule has 142 valence electrons. The normalized spacial score (nSPS) is 30.8. The van der Waals surface area contributed by atoms with Crippen molar-refractivity contribution in [3.8, 4) is 5.75 Å². The molecule has 3 unspecified atom stereocenters. The molecule has 2 bridgehead atoms. The van der Waals surface area contributed by atoms with E-state index in [9.17, 15) is 5.11 Å². The van der Waals surface area contributed by atoms with E-state index in [0.29, 0.717) is 17.8 Å². The Kier molecular flexibility index (Phi) is 5.02. The van der Waals surface area contributed by atoms with Gasteiger partial charge in [-0.15, -0.1) is 13.2 Å². The number of benzene rings is 1. The van der Waals surface area contributed by atoms with E-state index in [2.05, 4.69) is 29.1 Å². The molecule has 1 N–H and O–H groups in total. The van der Waals surface area contributed by atoms with Crippen LogP contribution in [0.15, 0.2) is 55.8 Å². The zero-order valence-electron chi connectivity index (χ0n) is 15.9. The van der Waals surface area contributed by atoms with Gasteiger partial charge in [0.15, 0.2) is 0 Å². The van der Waals surface area contributed by atoms with Crippen LogP contribution in [0.25, 0.3) is 10.9 Å². The molecule has 4 heteroatoms. The van der Waals surface area contributed by atoms with Crippen molar-refractivity contribution in [1.82, 2.24) is 9.88 Å². The topological polar surface area (TPSA) is 45.6 Å². The Hall–Kier alpha value is -2.17. The van der Waals surface area contributed by atoms with Crippen LogP contribution in [0.5, 0.6) is 5.75 Å². The molecule has 6 atom stereocenters. The molecule has 1 aromatic carbocycles. The number of aromatic nitrogens is 1. The maximum Gasteiger partial charge on any atom is 0.119 e. The Balaban J connectivity index is 1.66. The van der Waals surface area contributed by atoms with Crippen molar-refractivity contribution in [2.75, 3.05) is 20.2 Å². The largest absolute Gasteiger partial charge is 0.497 e. The van der Waals surface area contributed by atoms with Crippen molar-refractivity contribution in [2.45, 2.75) is 25.0 Å². The summed E-state index contributed by atoms with van der Waals surface area (Å²) in [6.07, 6.45) is 7.40. The Labute approximate surface area is 161 Å². The SMILES string of the molecule is C=CCC1CN2C[C@H](C=C)C1C[C@H]2[C@H](O)c1ccnc2ccc(OC)cc12. The average Bonchev–Trinajstić information content (AvgIpc) is 2.72. The van der Waals surface area contributed by atoms with Crippen molar-refractivity contribution in [1.29, 1.82) is 0 Å². The zero-order valence-corrected chi connectivity index (χ0v) is 15.9. The van der Waals surface area contributed by atoms with Crippen molar-refractivity contribution >= 4 is 10.9 Å². The molecule has 3 fully saturated rings. The Morgan fingerprint density at radius 3 is 2.89 bits per heavy atom. The number of hydrogen-bond donors (Lipinski definition) is 1. The lowest BCUT2D eigenvalue weighted by Gasteiger charge is -2.54. The minimum atomic E-state index is -0.541. The van der Waals surface area contributed by atoms with Crippen molar-refractivity contribution in [3.05, 3.63) is 61.3 Å².